The summed E-state index contributed by atoms with van der Waals surface area (Å²) in [4.78, 5) is 24.4. The van der Waals surface area contributed by atoms with Gasteiger partial charge in [0, 0.05) is 12.1 Å². The highest BCUT2D eigenvalue weighted by atomic mass is 16.6. The normalized spacial score (nSPS) is 10.8. The third-order valence-electron chi connectivity index (χ3n) is 4.92. The van der Waals surface area contributed by atoms with Crippen LogP contribution in [0.4, 0.5) is 0 Å². The molecule has 3 aromatic rings. The molecule has 0 saturated heterocycles. The quantitative estimate of drug-likeness (QED) is 0.150. The van der Waals surface area contributed by atoms with E-state index in [2.05, 4.69) is 5.32 Å². The maximum absolute atomic E-state index is 12.3. The number of hydrogen-bond donors (Lipinski definition) is 1. The van der Waals surface area contributed by atoms with Gasteiger partial charge < -0.3 is 14.8 Å². The predicted octanol–water partition coefficient (Wildman–Crippen LogP) is 5.16. The van der Waals surface area contributed by atoms with E-state index in [0.29, 0.717) is 23.6 Å². The van der Waals surface area contributed by atoms with Crippen LogP contribution < -0.4 is 14.8 Å². The molecule has 0 atom stereocenters. The van der Waals surface area contributed by atoms with Gasteiger partial charge in [-0.2, -0.15) is 5.26 Å². The number of para-hydroxylation sites is 1. The van der Waals surface area contributed by atoms with Crippen molar-refractivity contribution in [1.29, 1.82) is 5.26 Å². The third-order valence-corrected chi connectivity index (χ3v) is 4.92. The van der Waals surface area contributed by atoms with E-state index in [0.717, 1.165) is 24.0 Å². The van der Waals surface area contributed by atoms with Crippen LogP contribution in [0.25, 0.3) is 17.2 Å². The Morgan fingerprint density at radius 1 is 0.971 bits per heavy atom. The lowest BCUT2D eigenvalue weighted by molar-refractivity contribution is -0.136. The molecule has 6 heteroatoms. The maximum atomic E-state index is 12.3. The third kappa shape index (κ3) is 7.07. The Kier molecular flexibility index (Phi) is 9.00. The zero-order valence-electron chi connectivity index (χ0n) is 19.0. The maximum Gasteiger partial charge on any atom is 0.349 e. The molecule has 0 aromatic heterocycles. The summed E-state index contributed by atoms with van der Waals surface area (Å²) in [5.74, 6) is -0.0149. The summed E-state index contributed by atoms with van der Waals surface area (Å²) >= 11 is 0. The monoisotopic (exact) mass is 454 g/mol. The topological polar surface area (TPSA) is 88.4 Å². The lowest BCUT2D eigenvalue weighted by Gasteiger charge is -2.11. The molecule has 1 amide bonds. The van der Waals surface area contributed by atoms with Gasteiger partial charge in [-0.3, -0.25) is 4.79 Å². The number of carbonyl (C=O) groups is 2. The molecule has 0 aliphatic heterocycles. The van der Waals surface area contributed by atoms with Gasteiger partial charge in [0.05, 0.1) is 0 Å². The molecule has 3 rings (SSSR count). The Bertz CT molecular complexity index is 1180. The highest BCUT2D eigenvalue weighted by Crippen LogP contribution is 2.29. The number of amides is 1. The van der Waals surface area contributed by atoms with Gasteiger partial charge in [-0.1, -0.05) is 74.0 Å². The van der Waals surface area contributed by atoms with Crippen molar-refractivity contribution < 1.29 is 19.1 Å². The van der Waals surface area contributed by atoms with Crippen LogP contribution in [-0.4, -0.2) is 25.0 Å². The van der Waals surface area contributed by atoms with Crippen molar-refractivity contribution in [2.75, 3.05) is 13.2 Å². The van der Waals surface area contributed by atoms with Crippen LogP contribution in [0.2, 0.25) is 0 Å². The van der Waals surface area contributed by atoms with E-state index in [9.17, 15) is 14.9 Å². The fourth-order valence-corrected chi connectivity index (χ4v) is 3.17. The number of nitrogens with zero attached hydrogens (tertiary/aromatic N) is 1. The SMILES string of the molecule is CCCCNC(=O)/C(C#N)=C/c1ccc(OC(=O)COc2ccccc2-c2ccccc2)cc1. The zero-order valence-corrected chi connectivity index (χ0v) is 19.0. The second kappa shape index (κ2) is 12.6. The summed E-state index contributed by atoms with van der Waals surface area (Å²) in [6, 6.07) is 25.7. The molecular formula is C28H26N2O4. The molecule has 0 spiro atoms. The second-order valence-corrected chi connectivity index (χ2v) is 7.47. The van der Waals surface area contributed by atoms with Crippen molar-refractivity contribution in [2.24, 2.45) is 0 Å². The summed E-state index contributed by atoms with van der Waals surface area (Å²) < 4.78 is 11.1. The number of nitriles is 1. The number of unbranched alkanes of at least 4 members (excludes halogenated alkanes) is 1. The van der Waals surface area contributed by atoms with E-state index < -0.39 is 11.9 Å². The molecule has 0 aliphatic rings. The Morgan fingerprint density at radius 3 is 2.38 bits per heavy atom. The first-order valence-electron chi connectivity index (χ1n) is 11.1. The van der Waals surface area contributed by atoms with E-state index >= 15 is 0 Å². The van der Waals surface area contributed by atoms with Gasteiger partial charge in [0.15, 0.2) is 6.61 Å². The van der Waals surface area contributed by atoms with Gasteiger partial charge >= 0.3 is 5.97 Å². The fourth-order valence-electron chi connectivity index (χ4n) is 3.17. The number of ether oxygens (including phenoxy) is 2. The molecule has 6 nitrogen and oxygen atoms in total. The number of rotatable bonds is 10. The van der Waals surface area contributed by atoms with Crippen LogP contribution >= 0.6 is 0 Å². The van der Waals surface area contributed by atoms with Gasteiger partial charge in [-0.15, -0.1) is 0 Å². The Labute approximate surface area is 199 Å². The van der Waals surface area contributed by atoms with Crippen molar-refractivity contribution in [1.82, 2.24) is 5.32 Å². The van der Waals surface area contributed by atoms with Crippen molar-refractivity contribution in [2.45, 2.75) is 19.8 Å². The van der Waals surface area contributed by atoms with Crippen molar-refractivity contribution in [3.05, 3.63) is 90.0 Å². The second-order valence-electron chi connectivity index (χ2n) is 7.47. The van der Waals surface area contributed by atoms with E-state index in [1.54, 1.807) is 24.3 Å². The summed E-state index contributed by atoms with van der Waals surface area (Å²) in [6.45, 7) is 2.31. The fraction of sp³-hybridized carbons (Fsp3) is 0.179. The van der Waals surface area contributed by atoms with E-state index in [-0.39, 0.29) is 12.2 Å². The van der Waals surface area contributed by atoms with Gasteiger partial charge in [-0.25, -0.2) is 4.79 Å². The van der Waals surface area contributed by atoms with Gasteiger partial charge in [0.2, 0.25) is 0 Å². The Balaban J connectivity index is 1.58. The standard InChI is InChI=1S/C28H26N2O4/c1-2-3-17-30-28(32)23(19-29)18-21-13-15-24(16-14-21)34-27(31)20-33-26-12-8-7-11-25(26)22-9-5-4-6-10-22/h4-16,18H,2-3,17,20H2,1H3,(H,30,32)/b23-18+. The minimum Gasteiger partial charge on any atom is -0.481 e. The van der Waals surface area contributed by atoms with Crippen LogP contribution in [-0.2, 0) is 9.59 Å². The number of esters is 1. The molecular weight excluding hydrogens is 428 g/mol. The van der Waals surface area contributed by atoms with Gasteiger partial charge in [0.1, 0.15) is 23.1 Å². The molecule has 0 radical (unpaired) electrons. The first-order valence-corrected chi connectivity index (χ1v) is 11.1. The summed E-state index contributed by atoms with van der Waals surface area (Å²) in [6.07, 6.45) is 3.30. The number of hydrogen-bond acceptors (Lipinski definition) is 5. The molecule has 0 unspecified atom stereocenters. The van der Waals surface area contributed by atoms with E-state index in [1.807, 2.05) is 67.6 Å². The largest absolute Gasteiger partial charge is 0.481 e. The van der Waals surface area contributed by atoms with E-state index in [1.165, 1.54) is 6.08 Å². The van der Waals surface area contributed by atoms with Gasteiger partial charge in [-0.05, 0) is 41.8 Å². The molecule has 1 N–H and O–H groups in total. The molecule has 0 fully saturated rings. The Morgan fingerprint density at radius 2 is 1.68 bits per heavy atom. The molecule has 0 saturated carbocycles. The molecule has 0 aliphatic carbocycles. The van der Waals surface area contributed by atoms with Crippen LogP contribution in [0.15, 0.2) is 84.4 Å². The highest BCUT2D eigenvalue weighted by Gasteiger charge is 2.11. The molecule has 34 heavy (non-hydrogen) atoms. The van der Waals surface area contributed by atoms with Crippen LogP contribution in [0.3, 0.4) is 0 Å². The smallest absolute Gasteiger partial charge is 0.349 e. The van der Waals surface area contributed by atoms with Crippen LogP contribution in [0, 0.1) is 11.3 Å². The van der Waals surface area contributed by atoms with Crippen molar-refractivity contribution >= 4 is 18.0 Å². The molecule has 172 valence electrons. The van der Waals surface area contributed by atoms with Crippen LogP contribution in [0.5, 0.6) is 11.5 Å². The minimum absolute atomic E-state index is 0.0197. The number of carbonyl (C=O) groups excluding carboxylic acids is 2. The lowest BCUT2D eigenvalue weighted by Crippen LogP contribution is -2.25. The van der Waals surface area contributed by atoms with E-state index in [4.69, 9.17) is 9.47 Å². The first-order chi connectivity index (χ1) is 16.6. The first kappa shape index (κ1) is 24.3. The predicted molar refractivity (Wildman–Crippen MR) is 131 cm³/mol. The van der Waals surface area contributed by atoms with Crippen molar-refractivity contribution in [3.63, 3.8) is 0 Å². The molecule has 0 heterocycles. The highest BCUT2D eigenvalue weighted by molar-refractivity contribution is 6.01. The summed E-state index contributed by atoms with van der Waals surface area (Å²) in [5, 5.41) is 12.0. The average molecular weight is 455 g/mol. The van der Waals surface area contributed by atoms with Crippen molar-refractivity contribution in [3.8, 4) is 28.7 Å². The van der Waals surface area contributed by atoms with Crippen LogP contribution in [0.1, 0.15) is 25.3 Å². The number of nitrogens with one attached hydrogen (secondary N) is 1. The zero-order chi connectivity index (χ0) is 24.2. The average Bonchev–Trinajstić information content (AvgIpc) is 2.87. The minimum atomic E-state index is -0.542. The summed E-state index contributed by atoms with van der Waals surface area (Å²) in [7, 11) is 0. The molecule has 0 bridgehead atoms. The summed E-state index contributed by atoms with van der Waals surface area (Å²) in [5.41, 5.74) is 2.55. The molecule has 3 aromatic carbocycles. The number of benzene rings is 3. The Hall–Kier alpha value is -4.37. The van der Waals surface area contributed by atoms with Gasteiger partial charge in [0.25, 0.3) is 5.91 Å². The lowest BCUT2D eigenvalue weighted by atomic mass is 10.1.